The van der Waals surface area contributed by atoms with Gasteiger partial charge in [-0.25, -0.2) is 4.79 Å². The molecule has 5 nitrogen and oxygen atoms in total. The zero-order valence-electron chi connectivity index (χ0n) is 18.8. The minimum atomic E-state index is -0.452. The van der Waals surface area contributed by atoms with Crippen molar-refractivity contribution in [3.8, 4) is 6.07 Å². The molecule has 158 valence electrons. The molecular weight excluding hydrogens is 338 g/mol. The van der Waals surface area contributed by atoms with Crippen LogP contribution in [-0.2, 0) is 4.74 Å². The van der Waals surface area contributed by atoms with Crippen molar-refractivity contribution in [1.29, 1.82) is 5.26 Å². The Hall–Kier alpha value is -1.28. The van der Waals surface area contributed by atoms with Crippen molar-refractivity contribution in [3.63, 3.8) is 0 Å². The number of hydrogen-bond donors (Lipinski definition) is 2. The van der Waals surface area contributed by atoms with Crippen molar-refractivity contribution in [3.05, 3.63) is 0 Å². The summed E-state index contributed by atoms with van der Waals surface area (Å²) in [4.78, 5) is 11.8. The first-order valence-corrected chi connectivity index (χ1v) is 10.5. The first kappa shape index (κ1) is 25.7. The maximum absolute atomic E-state index is 11.8. The zero-order valence-corrected chi connectivity index (χ0v) is 18.8. The summed E-state index contributed by atoms with van der Waals surface area (Å²) < 4.78 is 5.29. The number of ether oxygens (including phenoxy) is 1. The van der Waals surface area contributed by atoms with E-state index < -0.39 is 5.60 Å². The summed E-state index contributed by atoms with van der Waals surface area (Å²) in [5.41, 5.74) is 0.113. The summed E-state index contributed by atoms with van der Waals surface area (Å²) >= 11 is 0. The number of alkyl carbamates (subject to hydrolysis) is 1. The summed E-state index contributed by atoms with van der Waals surface area (Å²) in [5, 5.41) is 14.9. The van der Waals surface area contributed by atoms with E-state index >= 15 is 0 Å². The van der Waals surface area contributed by atoms with E-state index in [1.165, 1.54) is 6.42 Å². The largest absolute Gasteiger partial charge is 0.444 e. The van der Waals surface area contributed by atoms with Crippen molar-refractivity contribution in [1.82, 2.24) is 10.6 Å². The standard InChI is InChI=1S/C22H43N3O2/c1-8-21(6,12-10-16-25-19(26)27-20(3,4)5)18-22(7,9-2)13-17-24-15-11-14-23/h24H,8-13,15-18H2,1-7H3,(H,25,26). The van der Waals surface area contributed by atoms with Gasteiger partial charge < -0.3 is 15.4 Å². The number of carbonyl (C=O) groups is 1. The normalized spacial score (nSPS) is 16.1. The van der Waals surface area contributed by atoms with Crippen LogP contribution in [0.15, 0.2) is 0 Å². The van der Waals surface area contributed by atoms with Gasteiger partial charge in [0.1, 0.15) is 5.60 Å². The molecule has 0 fully saturated rings. The van der Waals surface area contributed by atoms with Crippen LogP contribution in [0.5, 0.6) is 0 Å². The van der Waals surface area contributed by atoms with Gasteiger partial charge in [0.05, 0.1) is 6.07 Å². The smallest absolute Gasteiger partial charge is 0.407 e. The third kappa shape index (κ3) is 12.7. The molecule has 0 aliphatic heterocycles. The fourth-order valence-corrected chi connectivity index (χ4v) is 3.49. The third-order valence-electron chi connectivity index (χ3n) is 5.50. The Morgan fingerprint density at radius 2 is 1.56 bits per heavy atom. The van der Waals surface area contributed by atoms with Crippen LogP contribution >= 0.6 is 0 Å². The van der Waals surface area contributed by atoms with Gasteiger partial charge >= 0.3 is 6.09 Å². The first-order chi connectivity index (χ1) is 12.5. The first-order valence-electron chi connectivity index (χ1n) is 10.5. The molecule has 0 rings (SSSR count). The minimum Gasteiger partial charge on any atom is -0.444 e. The Kier molecular flexibility index (Phi) is 11.7. The third-order valence-corrected chi connectivity index (χ3v) is 5.50. The lowest BCUT2D eigenvalue weighted by Gasteiger charge is -2.39. The second-order valence-electron chi connectivity index (χ2n) is 9.45. The van der Waals surface area contributed by atoms with Gasteiger partial charge in [-0.05, 0) is 63.8 Å². The van der Waals surface area contributed by atoms with E-state index in [9.17, 15) is 4.79 Å². The number of nitriles is 1. The summed E-state index contributed by atoms with van der Waals surface area (Å²) in [6.45, 7) is 17.3. The highest BCUT2D eigenvalue weighted by Crippen LogP contribution is 2.43. The molecular formula is C22H43N3O2. The van der Waals surface area contributed by atoms with Crippen molar-refractivity contribution in [2.45, 2.75) is 99.0 Å². The molecule has 0 saturated carbocycles. The molecule has 2 unspecified atom stereocenters. The Morgan fingerprint density at radius 3 is 2.07 bits per heavy atom. The monoisotopic (exact) mass is 381 g/mol. The number of carbonyl (C=O) groups excluding carboxylic acids is 1. The SMILES string of the molecule is CCC(C)(CCCNC(=O)OC(C)(C)C)CC(C)(CC)CCNCCC#N. The molecule has 1 amide bonds. The molecule has 0 heterocycles. The molecule has 0 aliphatic rings. The second-order valence-corrected chi connectivity index (χ2v) is 9.45. The highest BCUT2D eigenvalue weighted by atomic mass is 16.6. The summed E-state index contributed by atoms with van der Waals surface area (Å²) in [6.07, 6.45) is 6.89. The molecule has 0 spiro atoms. The number of rotatable bonds is 13. The zero-order chi connectivity index (χ0) is 21.0. The van der Waals surface area contributed by atoms with E-state index in [0.717, 1.165) is 45.2 Å². The summed E-state index contributed by atoms with van der Waals surface area (Å²) in [6, 6.07) is 2.17. The molecule has 2 N–H and O–H groups in total. The van der Waals surface area contributed by atoms with E-state index in [2.05, 4.69) is 44.4 Å². The van der Waals surface area contributed by atoms with Gasteiger partial charge in [0, 0.05) is 19.5 Å². The van der Waals surface area contributed by atoms with Gasteiger partial charge in [0.2, 0.25) is 0 Å². The van der Waals surface area contributed by atoms with Gasteiger partial charge in [0.15, 0.2) is 0 Å². The molecule has 0 aromatic carbocycles. The average Bonchev–Trinajstić information content (AvgIpc) is 2.57. The highest BCUT2D eigenvalue weighted by Gasteiger charge is 2.32. The van der Waals surface area contributed by atoms with Crippen LogP contribution in [0.2, 0.25) is 0 Å². The highest BCUT2D eigenvalue weighted by molar-refractivity contribution is 5.67. The van der Waals surface area contributed by atoms with E-state index in [1.54, 1.807) is 0 Å². The van der Waals surface area contributed by atoms with Crippen LogP contribution in [0.1, 0.15) is 93.4 Å². The lowest BCUT2D eigenvalue weighted by Crippen LogP contribution is -2.34. The molecule has 2 atom stereocenters. The second kappa shape index (κ2) is 12.2. The predicted octanol–water partition coefficient (Wildman–Crippen LogP) is 5.41. The van der Waals surface area contributed by atoms with Crippen molar-refractivity contribution < 1.29 is 9.53 Å². The molecule has 0 bridgehead atoms. The molecule has 0 aromatic heterocycles. The fraction of sp³-hybridized carbons (Fsp3) is 0.909. The van der Waals surface area contributed by atoms with Gasteiger partial charge in [-0.15, -0.1) is 0 Å². The van der Waals surface area contributed by atoms with E-state index in [1.807, 2.05) is 20.8 Å². The Bertz CT molecular complexity index is 467. The molecule has 0 aromatic rings. The average molecular weight is 382 g/mol. The van der Waals surface area contributed by atoms with Crippen LogP contribution < -0.4 is 10.6 Å². The van der Waals surface area contributed by atoms with Gasteiger partial charge in [-0.1, -0.05) is 40.5 Å². The number of nitrogens with one attached hydrogen (secondary N) is 2. The van der Waals surface area contributed by atoms with Crippen LogP contribution in [-0.4, -0.2) is 31.3 Å². The number of nitrogens with zero attached hydrogens (tertiary/aromatic N) is 1. The van der Waals surface area contributed by atoms with Crippen LogP contribution in [0.3, 0.4) is 0 Å². The Morgan fingerprint density at radius 1 is 0.963 bits per heavy atom. The van der Waals surface area contributed by atoms with Gasteiger partial charge in [-0.2, -0.15) is 5.26 Å². The topological polar surface area (TPSA) is 74.2 Å². The van der Waals surface area contributed by atoms with Gasteiger partial charge in [0.25, 0.3) is 0 Å². The van der Waals surface area contributed by atoms with E-state index in [0.29, 0.717) is 18.4 Å². The van der Waals surface area contributed by atoms with Crippen molar-refractivity contribution >= 4 is 6.09 Å². The lowest BCUT2D eigenvalue weighted by atomic mass is 9.67. The molecule has 0 aliphatic carbocycles. The van der Waals surface area contributed by atoms with E-state index in [4.69, 9.17) is 10.00 Å². The van der Waals surface area contributed by atoms with Crippen LogP contribution in [0, 0.1) is 22.2 Å². The summed E-state index contributed by atoms with van der Waals surface area (Å²) in [5.74, 6) is 0. The fourth-order valence-electron chi connectivity index (χ4n) is 3.49. The van der Waals surface area contributed by atoms with Crippen molar-refractivity contribution in [2.24, 2.45) is 10.8 Å². The number of hydrogen-bond acceptors (Lipinski definition) is 4. The maximum atomic E-state index is 11.8. The molecule has 0 radical (unpaired) electrons. The Labute approximate surface area is 167 Å². The van der Waals surface area contributed by atoms with Crippen LogP contribution in [0.4, 0.5) is 4.79 Å². The maximum Gasteiger partial charge on any atom is 0.407 e. The van der Waals surface area contributed by atoms with E-state index in [-0.39, 0.29) is 11.5 Å². The molecule has 0 saturated heterocycles. The van der Waals surface area contributed by atoms with Crippen molar-refractivity contribution in [2.75, 3.05) is 19.6 Å². The Balaban J connectivity index is 4.41. The number of amides is 1. The quantitative estimate of drug-likeness (QED) is 0.418. The molecule has 5 heteroatoms. The minimum absolute atomic E-state index is 0.271. The van der Waals surface area contributed by atoms with Gasteiger partial charge in [-0.3, -0.25) is 0 Å². The lowest BCUT2D eigenvalue weighted by molar-refractivity contribution is 0.0522. The van der Waals surface area contributed by atoms with Crippen LogP contribution in [0.25, 0.3) is 0 Å². The summed E-state index contributed by atoms with van der Waals surface area (Å²) in [7, 11) is 0. The predicted molar refractivity (Wildman–Crippen MR) is 113 cm³/mol. The molecule has 27 heavy (non-hydrogen) atoms.